The Balaban J connectivity index is 2.34. The van der Waals surface area contributed by atoms with Crippen LogP contribution in [-0.4, -0.2) is 12.2 Å². The van der Waals surface area contributed by atoms with E-state index in [4.69, 9.17) is 10.5 Å². The van der Waals surface area contributed by atoms with Gasteiger partial charge < -0.3 is 10.5 Å². The molecule has 1 atom stereocenters. The van der Waals surface area contributed by atoms with Crippen LogP contribution in [0, 0.1) is 17.6 Å². The molecule has 1 aromatic carbocycles. The van der Waals surface area contributed by atoms with Crippen molar-refractivity contribution in [3.63, 3.8) is 0 Å². The fourth-order valence-corrected chi connectivity index (χ4v) is 3.15. The molecule has 0 radical (unpaired) electrons. The minimum absolute atomic E-state index is 0.0458. The zero-order valence-electron chi connectivity index (χ0n) is 12.2. The molecule has 1 aliphatic rings. The lowest BCUT2D eigenvalue weighted by atomic mass is 9.73. The summed E-state index contributed by atoms with van der Waals surface area (Å²) in [6.45, 7) is 4.58. The number of hydrogen-bond donors (Lipinski definition) is 1. The van der Waals surface area contributed by atoms with Gasteiger partial charge in [-0.1, -0.05) is 13.0 Å². The van der Waals surface area contributed by atoms with Crippen molar-refractivity contribution in [3.05, 3.63) is 35.4 Å². The van der Waals surface area contributed by atoms with E-state index >= 15 is 0 Å². The second-order valence-electron chi connectivity index (χ2n) is 5.79. The SMILES string of the molecule is CCOC1(C(N)c2c(F)cccc2F)CCC(C)CC1. The van der Waals surface area contributed by atoms with Gasteiger partial charge in [-0.25, -0.2) is 8.78 Å². The minimum atomic E-state index is -0.767. The largest absolute Gasteiger partial charge is 0.373 e. The molecule has 1 aliphatic carbocycles. The van der Waals surface area contributed by atoms with Gasteiger partial charge in [-0.3, -0.25) is 0 Å². The van der Waals surface area contributed by atoms with Crippen molar-refractivity contribution in [2.75, 3.05) is 6.61 Å². The standard InChI is InChI=1S/C16H23F2NO/c1-3-20-16(9-7-11(2)8-10-16)15(19)14-12(17)5-4-6-13(14)18/h4-6,11,15H,3,7-10,19H2,1-2H3. The number of nitrogens with two attached hydrogens (primary N) is 1. The lowest BCUT2D eigenvalue weighted by Crippen LogP contribution is -2.47. The Morgan fingerprint density at radius 2 is 1.85 bits per heavy atom. The van der Waals surface area contributed by atoms with Crippen molar-refractivity contribution in [2.45, 2.75) is 51.2 Å². The van der Waals surface area contributed by atoms with E-state index in [0.29, 0.717) is 12.5 Å². The minimum Gasteiger partial charge on any atom is -0.373 e. The van der Waals surface area contributed by atoms with Crippen molar-refractivity contribution in [1.82, 2.24) is 0 Å². The summed E-state index contributed by atoms with van der Waals surface area (Å²) in [5.74, 6) is -0.563. The van der Waals surface area contributed by atoms with Crippen molar-refractivity contribution < 1.29 is 13.5 Å². The molecule has 4 heteroatoms. The summed E-state index contributed by atoms with van der Waals surface area (Å²) in [4.78, 5) is 0. The van der Waals surface area contributed by atoms with Gasteiger partial charge in [0.1, 0.15) is 11.6 Å². The van der Waals surface area contributed by atoms with Gasteiger partial charge in [0.25, 0.3) is 0 Å². The molecular formula is C16H23F2NO. The van der Waals surface area contributed by atoms with E-state index in [1.807, 2.05) is 6.92 Å². The van der Waals surface area contributed by atoms with E-state index < -0.39 is 23.3 Å². The topological polar surface area (TPSA) is 35.2 Å². The molecule has 0 bridgehead atoms. The predicted octanol–water partition coefficient (Wildman–Crippen LogP) is 3.95. The number of hydrogen-bond acceptors (Lipinski definition) is 2. The molecule has 0 saturated heterocycles. The van der Waals surface area contributed by atoms with Gasteiger partial charge >= 0.3 is 0 Å². The van der Waals surface area contributed by atoms with Gasteiger partial charge in [0.2, 0.25) is 0 Å². The zero-order valence-corrected chi connectivity index (χ0v) is 12.2. The highest BCUT2D eigenvalue weighted by molar-refractivity contribution is 5.26. The van der Waals surface area contributed by atoms with Gasteiger partial charge in [-0.05, 0) is 50.7 Å². The third-order valence-corrected chi connectivity index (χ3v) is 4.43. The van der Waals surface area contributed by atoms with Crippen LogP contribution < -0.4 is 5.73 Å². The van der Waals surface area contributed by atoms with Gasteiger partial charge in [0.15, 0.2) is 0 Å². The Morgan fingerprint density at radius 3 is 2.35 bits per heavy atom. The Bertz CT molecular complexity index is 436. The molecule has 2 rings (SSSR count). The number of ether oxygens (including phenoxy) is 1. The number of benzene rings is 1. The molecule has 2 N–H and O–H groups in total. The van der Waals surface area contributed by atoms with E-state index in [-0.39, 0.29) is 5.56 Å². The normalized spacial score (nSPS) is 28.4. The van der Waals surface area contributed by atoms with Crippen LogP contribution in [0.1, 0.15) is 51.1 Å². The highest BCUT2D eigenvalue weighted by atomic mass is 19.1. The molecule has 1 unspecified atom stereocenters. The molecular weight excluding hydrogens is 260 g/mol. The third kappa shape index (κ3) is 2.86. The van der Waals surface area contributed by atoms with Crippen LogP contribution in [0.3, 0.4) is 0 Å². The van der Waals surface area contributed by atoms with Gasteiger partial charge in [-0.2, -0.15) is 0 Å². The van der Waals surface area contributed by atoms with Crippen molar-refractivity contribution in [1.29, 1.82) is 0 Å². The lowest BCUT2D eigenvalue weighted by Gasteiger charge is -2.43. The highest BCUT2D eigenvalue weighted by Crippen LogP contribution is 2.43. The summed E-state index contributed by atoms with van der Waals surface area (Å²) in [6.07, 6.45) is 3.45. The summed E-state index contributed by atoms with van der Waals surface area (Å²) in [7, 11) is 0. The Morgan fingerprint density at radius 1 is 1.30 bits per heavy atom. The first-order valence-corrected chi connectivity index (χ1v) is 7.33. The second-order valence-corrected chi connectivity index (χ2v) is 5.79. The maximum atomic E-state index is 14.0. The number of halogens is 2. The van der Waals surface area contributed by atoms with E-state index in [0.717, 1.165) is 25.7 Å². The third-order valence-electron chi connectivity index (χ3n) is 4.43. The molecule has 0 aliphatic heterocycles. The van der Waals surface area contributed by atoms with Crippen LogP contribution in [0.4, 0.5) is 8.78 Å². The molecule has 2 nitrogen and oxygen atoms in total. The molecule has 1 aromatic rings. The van der Waals surface area contributed by atoms with Gasteiger partial charge in [-0.15, -0.1) is 0 Å². The predicted molar refractivity (Wildman–Crippen MR) is 75.3 cm³/mol. The first-order chi connectivity index (χ1) is 9.50. The Labute approximate surface area is 119 Å². The first kappa shape index (κ1) is 15.4. The Kier molecular flexibility index (Phi) is 4.76. The first-order valence-electron chi connectivity index (χ1n) is 7.33. The van der Waals surface area contributed by atoms with Crippen molar-refractivity contribution in [2.24, 2.45) is 11.7 Å². The summed E-state index contributed by atoms with van der Waals surface area (Å²) >= 11 is 0. The van der Waals surface area contributed by atoms with Gasteiger partial charge in [0, 0.05) is 12.2 Å². The van der Waals surface area contributed by atoms with Crippen LogP contribution in [-0.2, 0) is 4.74 Å². The summed E-state index contributed by atoms with van der Waals surface area (Å²) in [5, 5.41) is 0. The molecule has 0 spiro atoms. The smallest absolute Gasteiger partial charge is 0.131 e. The van der Waals surface area contributed by atoms with Crippen LogP contribution in [0.5, 0.6) is 0 Å². The van der Waals surface area contributed by atoms with Crippen LogP contribution in [0.25, 0.3) is 0 Å². The Hall–Kier alpha value is -1.00. The average molecular weight is 283 g/mol. The molecule has 112 valence electrons. The average Bonchev–Trinajstić information content (AvgIpc) is 2.41. The summed E-state index contributed by atoms with van der Waals surface area (Å²) < 4.78 is 33.8. The number of rotatable bonds is 4. The summed E-state index contributed by atoms with van der Waals surface area (Å²) in [5.41, 5.74) is 5.54. The summed E-state index contributed by atoms with van der Waals surface area (Å²) in [6, 6.07) is 3.10. The van der Waals surface area contributed by atoms with E-state index in [2.05, 4.69) is 6.92 Å². The molecule has 1 saturated carbocycles. The van der Waals surface area contributed by atoms with E-state index in [1.54, 1.807) is 0 Å². The van der Waals surface area contributed by atoms with Crippen LogP contribution >= 0.6 is 0 Å². The fourth-order valence-electron chi connectivity index (χ4n) is 3.15. The quantitative estimate of drug-likeness (QED) is 0.908. The fraction of sp³-hybridized carbons (Fsp3) is 0.625. The maximum absolute atomic E-state index is 14.0. The van der Waals surface area contributed by atoms with E-state index in [1.165, 1.54) is 18.2 Å². The monoisotopic (exact) mass is 283 g/mol. The van der Waals surface area contributed by atoms with E-state index in [9.17, 15) is 8.78 Å². The molecule has 20 heavy (non-hydrogen) atoms. The highest BCUT2D eigenvalue weighted by Gasteiger charge is 2.42. The second kappa shape index (κ2) is 6.19. The van der Waals surface area contributed by atoms with Crippen molar-refractivity contribution >= 4 is 0 Å². The molecule has 0 aromatic heterocycles. The zero-order chi connectivity index (χ0) is 14.8. The molecule has 0 heterocycles. The van der Waals surface area contributed by atoms with Gasteiger partial charge in [0.05, 0.1) is 11.6 Å². The van der Waals surface area contributed by atoms with Crippen molar-refractivity contribution in [3.8, 4) is 0 Å². The maximum Gasteiger partial charge on any atom is 0.131 e. The molecule has 1 fully saturated rings. The lowest BCUT2D eigenvalue weighted by molar-refractivity contribution is -0.0908. The van der Waals surface area contributed by atoms with Crippen LogP contribution in [0.15, 0.2) is 18.2 Å². The van der Waals surface area contributed by atoms with Crippen LogP contribution in [0.2, 0.25) is 0 Å². The molecule has 0 amide bonds.